The number of aryl methyl sites for hydroxylation is 1. The van der Waals surface area contributed by atoms with Gasteiger partial charge < -0.3 is 10.2 Å². The quantitative estimate of drug-likeness (QED) is 0.663. The lowest BCUT2D eigenvalue weighted by atomic mass is 9.72. The molecule has 0 unspecified atom stereocenters. The number of benzene rings is 2. The van der Waals surface area contributed by atoms with E-state index in [0.29, 0.717) is 0 Å². The van der Waals surface area contributed by atoms with Crippen molar-refractivity contribution in [1.29, 1.82) is 0 Å². The van der Waals surface area contributed by atoms with Gasteiger partial charge in [-0.1, -0.05) is 43.0 Å². The van der Waals surface area contributed by atoms with E-state index in [1.54, 1.807) is 12.1 Å². The SMILES string of the molecule is C=Cc1ccc(CCCN2CCC3(CC2)C(=C)Nc2ccc(Cl)cc23)c(F)c1. The van der Waals surface area contributed by atoms with Gasteiger partial charge >= 0.3 is 0 Å². The number of likely N-dealkylation sites (tertiary alicyclic amines) is 1. The van der Waals surface area contributed by atoms with Gasteiger partial charge in [-0.25, -0.2) is 4.39 Å². The van der Waals surface area contributed by atoms with Crippen LogP contribution in [0.3, 0.4) is 0 Å². The molecular formula is C24H26ClFN2. The minimum Gasteiger partial charge on any atom is -0.358 e. The molecular weight excluding hydrogens is 371 g/mol. The summed E-state index contributed by atoms with van der Waals surface area (Å²) in [6, 6.07) is 11.4. The van der Waals surface area contributed by atoms with Crippen molar-refractivity contribution in [3.05, 3.63) is 82.8 Å². The van der Waals surface area contributed by atoms with Crippen LogP contribution in [-0.4, -0.2) is 24.5 Å². The summed E-state index contributed by atoms with van der Waals surface area (Å²) < 4.78 is 14.1. The van der Waals surface area contributed by atoms with E-state index in [-0.39, 0.29) is 11.2 Å². The molecule has 2 aromatic rings. The van der Waals surface area contributed by atoms with E-state index in [1.807, 2.05) is 18.2 Å². The zero-order chi connectivity index (χ0) is 19.7. The second kappa shape index (κ2) is 7.73. The van der Waals surface area contributed by atoms with E-state index in [4.69, 9.17) is 11.6 Å². The summed E-state index contributed by atoms with van der Waals surface area (Å²) in [5.74, 6) is -0.128. The standard InChI is InChI=1S/C24H26ClFN2/c1-3-18-6-7-19(22(26)15-18)5-4-12-28-13-10-24(11-14-28)17(2)27-23-9-8-20(25)16-21(23)24/h3,6-9,15-16,27H,1-2,4-5,10-14H2. The maximum atomic E-state index is 14.1. The lowest BCUT2D eigenvalue weighted by molar-refractivity contribution is 0.179. The number of hydrogen-bond acceptors (Lipinski definition) is 2. The molecule has 1 saturated heterocycles. The highest BCUT2D eigenvalue weighted by atomic mass is 35.5. The van der Waals surface area contributed by atoms with E-state index in [1.165, 1.54) is 5.56 Å². The van der Waals surface area contributed by atoms with Crippen LogP contribution in [0.2, 0.25) is 5.02 Å². The topological polar surface area (TPSA) is 15.3 Å². The van der Waals surface area contributed by atoms with Crippen molar-refractivity contribution in [3.63, 3.8) is 0 Å². The van der Waals surface area contributed by atoms with Gasteiger partial charge in [0, 0.05) is 21.8 Å². The van der Waals surface area contributed by atoms with Gasteiger partial charge in [0.2, 0.25) is 0 Å². The summed E-state index contributed by atoms with van der Waals surface area (Å²) in [6.07, 6.45) is 5.47. The number of nitrogens with one attached hydrogen (secondary N) is 1. The first kappa shape index (κ1) is 19.2. The van der Waals surface area contributed by atoms with Gasteiger partial charge in [0.1, 0.15) is 5.82 Å². The van der Waals surface area contributed by atoms with Gasteiger partial charge in [0.25, 0.3) is 0 Å². The smallest absolute Gasteiger partial charge is 0.126 e. The number of hydrogen-bond donors (Lipinski definition) is 1. The van der Waals surface area contributed by atoms with Crippen molar-refractivity contribution in [2.45, 2.75) is 31.1 Å². The van der Waals surface area contributed by atoms with Crippen molar-refractivity contribution in [2.24, 2.45) is 0 Å². The third kappa shape index (κ3) is 3.49. The Morgan fingerprint density at radius 1 is 1.18 bits per heavy atom. The fourth-order valence-corrected chi connectivity index (χ4v) is 4.75. The van der Waals surface area contributed by atoms with E-state index in [9.17, 15) is 4.39 Å². The summed E-state index contributed by atoms with van der Waals surface area (Å²) >= 11 is 6.26. The first-order valence-electron chi connectivity index (χ1n) is 9.91. The highest BCUT2D eigenvalue weighted by Gasteiger charge is 2.44. The average Bonchev–Trinajstić information content (AvgIpc) is 2.96. The van der Waals surface area contributed by atoms with Gasteiger partial charge in [-0.15, -0.1) is 0 Å². The number of allylic oxidation sites excluding steroid dienone is 1. The van der Waals surface area contributed by atoms with Crippen molar-refractivity contribution >= 4 is 23.4 Å². The Bertz CT molecular complexity index is 913. The number of piperidine rings is 1. The first-order chi connectivity index (χ1) is 13.5. The van der Waals surface area contributed by atoms with Crippen molar-refractivity contribution < 1.29 is 4.39 Å². The predicted octanol–water partition coefficient (Wildman–Crippen LogP) is 6.03. The molecule has 1 N–H and O–H groups in total. The summed E-state index contributed by atoms with van der Waals surface area (Å²) in [5.41, 5.74) is 5.12. The minimum absolute atomic E-state index is 0.0106. The van der Waals surface area contributed by atoms with E-state index in [2.05, 4.69) is 35.5 Å². The number of anilines is 1. The Morgan fingerprint density at radius 3 is 2.68 bits per heavy atom. The molecule has 0 atom stereocenters. The minimum atomic E-state index is -0.128. The first-order valence-corrected chi connectivity index (χ1v) is 10.3. The molecule has 2 heterocycles. The Hall–Kier alpha value is -2.10. The van der Waals surface area contributed by atoms with Gasteiger partial charge in [-0.3, -0.25) is 0 Å². The number of fused-ring (bicyclic) bond motifs is 2. The molecule has 2 aliphatic heterocycles. The van der Waals surface area contributed by atoms with Crippen LogP contribution in [0.5, 0.6) is 0 Å². The molecule has 0 saturated carbocycles. The second-order valence-corrected chi connectivity index (χ2v) is 8.31. The lowest BCUT2D eigenvalue weighted by Crippen LogP contribution is -2.43. The summed E-state index contributed by atoms with van der Waals surface area (Å²) in [6.45, 7) is 11.0. The van der Waals surface area contributed by atoms with Gasteiger partial charge in [0.05, 0.1) is 0 Å². The fourth-order valence-electron chi connectivity index (χ4n) is 4.58. The summed E-state index contributed by atoms with van der Waals surface area (Å²) in [4.78, 5) is 2.48. The van der Waals surface area contributed by atoms with Crippen LogP contribution in [0.4, 0.5) is 10.1 Å². The lowest BCUT2D eigenvalue weighted by Gasteiger charge is -2.40. The second-order valence-electron chi connectivity index (χ2n) is 7.88. The van der Waals surface area contributed by atoms with E-state index >= 15 is 0 Å². The Balaban J connectivity index is 1.35. The molecule has 4 heteroatoms. The number of nitrogens with zero attached hydrogens (tertiary/aromatic N) is 1. The largest absolute Gasteiger partial charge is 0.358 e. The molecule has 1 spiro atoms. The Labute approximate surface area is 171 Å². The molecule has 0 aliphatic carbocycles. The molecule has 0 aromatic heterocycles. The molecule has 4 rings (SSSR count). The van der Waals surface area contributed by atoms with Crippen LogP contribution < -0.4 is 5.32 Å². The van der Waals surface area contributed by atoms with Crippen LogP contribution in [0, 0.1) is 5.82 Å². The molecule has 0 bridgehead atoms. The monoisotopic (exact) mass is 396 g/mol. The molecule has 0 radical (unpaired) electrons. The molecule has 2 aliphatic rings. The normalized spacial score (nSPS) is 18.1. The van der Waals surface area contributed by atoms with Gasteiger partial charge in [-0.05, 0) is 86.3 Å². The molecule has 2 aromatic carbocycles. The third-order valence-corrected chi connectivity index (χ3v) is 6.54. The summed E-state index contributed by atoms with van der Waals surface area (Å²) in [7, 11) is 0. The van der Waals surface area contributed by atoms with Crippen molar-refractivity contribution in [3.8, 4) is 0 Å². The highest BCUT2D eigenvalue weighted by Crippen LogP contribution is 2.50. The van der Waals surface area contributed by atoms with Crippen LogP contribution in [-0.2, 0) is 11.8 Å². The predicted molar refractivity (Wildman–Crippen MR) is 116 cm³/mol. The van der Waals surface area contributed by atoms with E-state index < -0.39 is 0 Å². The molecule has 2 nitrogen and oxygen atoms in total. The maximum Gasteiger partial charge on any atom is 0.126 e. The van der Waals surface area contributed by atoms with Crippen molar-refractivity contribution in [2.75, 3.05) is 25.0 Å². The Kier molecular flexibility index (Phi) is 5.31. The van der Waals surface area contributed by atoms with Gasteiger partial charge in [-0.2, -0.15) is 0 Å². The van der Waals surface area contributed by atoms with Crippen LogP contribution >= 0.6 is 11.6 Å². The molecule has 1 fully saturated rings. The zero-order valence-electron chi connectivity index (χ0n) is 16.1. The van der Waals surface area contributed by atoms with Crippen LogP contribution in [0.15, 0.2) is 55.3 Å². The van der Waals surface area contributed by atoms with Crippen LogP contribution in [0.1, 0.15) is 36.0 Å². The average molecular weight is 397 g/mol. The molecule has 0 amide bonds. The number of rotatable bonds is 5. The van der Waals surface area contributed by atoms with Gasteiger partial charge in [0.15, 0.2) is 0 Å². The summed E-state index contributed by atoms with van der Waals surface area (Å²) in [5, 5.41) is 4.24. The van der Waals surface area contributed by atoms with Crippen molar-refractivity contribution in [1.82, 2.24) is 4.90 Å². The molecule has 146 valence electrons. The van der Waals surface area contributed by atoms with E-state index in [0.717, 1.165) is 72.9 Å². The fraction of sp³-hybridized carbons (Fsp3) is 0.333. The highest BCUT2D eigenvalue weighted by molar-refractivity contribution is 6.30. The maximum absolute atomic E-state index is 14.1. The van der Waals surface area contributed by atoms with Crippen LogP contribution in [0.25, 0.3) is 6.08 Å². The Morgan fingerprint density at radius 2 is 1.96 bits per heavy atom. The molecule has 28 heavy (non-hydrogen) atoms. The third-order valence-electron chi connectivity index (χ3n) is 6.30. The number of halogens is 2. The zero-order valence-corrected chi connectivity index (χ0v) is 16.9.